The highest BCUT2D eigenvalue weighted by Gasteiger charge is 2.29. The van der Waals surface area contributed by atoms with Gasteiger partial charge in [-0.3, -0.25) is 9.59 Å². The van der Waals surface area contributed by atoms with Crippen LogP contribution in [-0.2, 0) is 22.6 Å². The van der Waals surface area contributed by atoms with E-state index in [2.05, 4.69) is 11.4 Å². The summed E-state index contributed by atoms with van der Waals surface area (Å²) in [6.07, 6.45) is 1.55. The third-order valence-corrected chi connectivity index (χ3v) is 5.97. The number of nitrogens with one attached hydrogen (secondary N) is 1. The van der Waals surface area contributed by atoms with Crippen molar-refractivity contribution in [1.29, 1.82) is 0 Å². The first kappa shape index (κ1) is 25.2. The van der Waals surface area contributed by atoms with Crippen molar-refractivity contribution >= 4 is 35.0 Å². The number of halogens is 2. The van der Waals surface area contributed by atoms with Gasteiger partial charge in [-0.1, -0.05) is 72.4 Å². The number of aryl methyl sites for hydroxylation is 2. The highest BCUT2D eigenvalue weighted by Crippen LogP contribution is 2.24. The summed E-state index contributed by atoms with van der Waals surface area (Å²) >= 11 is 12.4. The molecule has 0 radical (unpaired) electrons. The Kier molecular flexibility index (Phi) is 9.39. The van der Waals surface area contributed by atoms with E-state index in [1.165, 1.54) is 0 Å². The molecule has 2 aromatic rings. The number of hydrogen-bond acceptors (Lipinski definition) is 2. The van der Waals surface area contributed by atoms with E-state index in [-0.39, 0.29) is 30.8 Å². The highest BCUT2D eigenvalue weighted by molar-refractivity contribution is 6.35. The van der Waals surface area contributed by atoms with E-state index in [1.807, 2.05) is 46.8 Å². The molecule has 0 saturated heterocycles. The Morgan fingerprint density at radius 2 is 1.65 bits per heavy atom. The van der Waals surface area contributed by atoms with Crippen LogP contribution in [0.1, 0.15) is 55.9 Å². The van der Waals surface area contributed by atoms with Gasteiger partial charge in [0.05, 0.1) is 6.42 Å². The second-order valence-corrected chi connectivity index (χ2v) is 9.02. The average Bonchev–Trinajstić information content (AvgIpc) is 2.68. The van der Waals surface area contributed by atoms with Crippen molar-refractivity contribution in [1.82, 2.24) is 10.2 Å². The Bertz CT molecular complexity index is 909. The van der Waals surface area contributed by atoms with Crippen LogP contribution in [0.25, 0.3) is 0 Å². The second-order valence-electron chi connectivity index (χ2n) is 8.17. The zero-order valence-corrected chi connectivity index (χ0v) is 20.5. The van der Waals surface area contributed by atoms with Gasteiger partial charge < -0.3 is 10.2 Å². The number of benzene rings is 2. The fourth-order valence-corrected chi connectivity index (χ4v) is 4.11. The Morgan fingerprint density at radius 3 is 2.19 bits per heavy atom. The lowest BCUT2D eigenvalue weighted by atomic mass is 10.0. The van der Waals surface area contributed by atoms with Crippen molar-refractivity contribution < 1.29 is 9.59 Å². The predicted octanol–water partition coefficient (Wildman–Crippen LogP) is 5.87. The van der Waals surface area contributed by atoms with E-state index in [4.69, 9.17) is 23.2 Å². The Labute approximate surface area is 195 Å². The smallest absolute Gasteiger partial charge is 0.243 e. The molecular weight excluding hydrogens is 431 g/mol. The average molecular weight is 463 g/mol. The van der Waals surface area contributed by atoms with Crippen LogP contribution < -0.4 is 5.32 Å². The summed E-state index contributed by atoms with van der Waals surface area (Å²) in [4.78, 5) is 28.1. The van der Waals surface area contributed by atoms with E-state index in [0.717, 1.165) is 28.7 Å². The fraction of sp³-hybridized carbons (Fsp3) is 0.440. The minimum Gasteiger partial charge on any atom is -0.352 e. The molecule has 0 aromatic heterocycles. The van der Waals surface area contributed by atoms with E-state index in [9.17, 15) is 9.59 Å². The summed E-state index contributed by atoms with van der Waals surface area (Å²) in [6.45, 7) is 10.2. The maximum absolute atomic E-state index is 13.5. The number of amides is 2. The molecule has 0 aliphatic rings. The normalized spacial score (nSPS) is 12.9. The van der Waals surface area contributed by atoms with Gasteiger partial charge >= 0.3 is 0 Å². The molecule has 168 valence electrons. The van der Waals surface area contributed by atoms with Crippen LogP contribution in [-0.4, -0.2) is 28.8 Å². The van der Waals surface area contributed by atoms with Gasteiger partial charge in [-0.05, 0) is 56.9 Å². The lowest BCUT2D eigenvalue weighted by molar-refractivity contribution is -0.141. The summed E-state index contributed by atoms with van der Waals surface area (Å²) in [5, 5.41) is 4.03. The predicted molar refractivity (Wildman–Crippen MR) is 129 cm³/mol. The summed E-state index contributed by atoms with van der Waals surface area (Å²) in [5.74, 6) is -0.252. The van der Waals surface area contributed by atoms with Gasteiger partial charge in [-0.25, -0.2) is 0 Å². The molecule has 31 heavy (non-hydrogen) atoms. The molecule has 1 N–H and O–H groups in total. The summed E-state index contributed by atoms with van der Waals surface area (Å²) in [7, 11) is 0. The summed E-state index contributed by atoms with van der Waals surface area (Å²) in [5.41, 5.74) is 3.91. The second kappa shape index (κ2) is 11.5. The highest BCUT2D eigenvalue weighted by atomic mass is 35.5. The molecule has 6 heteroatoms. The van der Waals surface area contributed by atoms with Crippen LogP contribution in [0.4, 0.5) is 0 Å². The summed E-state index contributed by atoms with van der Waals surface area (Å²) < 4.78 is 0. The van der Waals surface area contributed by atoms with Crippen LogP contribution in [0.3, 0.4) is 0 Å². The monoisotopic (exact) mass is 462 g/mol. The quantitative estimate of drug-likeness (QED) is 0.505. The maximum Gasteiger partial charge on any atom is 0.243 e. The van der Waals surface area contributed by atoms with Gasteiger partial charge in [-0.2, -0.15) is 0 Å². The van der Waals surface area contributed by atoms with Crippen molar-refractivity contribution in [2.24, 2.45) is 0 Å². The van der Waals surface area contributed by atoms with Crippen LogP contribution in [0, 0.1) is 13.8 Å². The first-order valence-electron chi connectivity index (χ1n) is 10.8. The molecule has 2 unspecified atom stereocenters. The van der Waals surface area contributed by atoms with Crippen molar-refractivity contribution in [3.8, 4) is 0 Å². The Hall–Kier alpha value is -2.04. The number of hydrogen-bond donors (Lipinski definition) is 1. The molecule has 2 amide bonds. The molecule has 2 aromatic carbocycles. The minimum absolute atomic E-state index is 0.0389. The largest absolute Gasteiger partial charge is 0.352 e. The zero-order chi connectivity index (χ0) is 23.1. The number of carbonyl (C=O) groups is 2. The van der Waals surface area contributed by atoms with Crippen LogP contribution in [0.2, 0.25) is 10.0 Å². The van der Waals surface area contributed by atoms with E-state index >= 15 is 0 Å². The molecule has 2 rings (SSSR count). The van der Waals surface area contributed by atoms with Gasteiger partial charge in [0.15, 0.2) is 0 Å². The van der Waals surface area contributed by atoms with Gasteiger partial charge in [0, 0.05) is 22.6 Å². The number of carbonyl (C=O) groups excluding carboxylic acids is 2. The molecule has 0 saturated carbocycles. The number of nitrogens with zero attached hydrogens (tertiary/aromatic N) is 1. The van der Waals surface area contributed by atoms with Crippen molar-refractivity contribution in [3.63, 3.8) is 0 Å². The maximum atomic E-state index is 13.5. The summed E-state index contributed by atoms with van der Waals surface area (Å²) in [6, 6.07) is 10.8. The topological polar surface area (TPSA) is 49.4 Å². The molecule has 0 aliphatic carbocycles. The van der Waals surface area contributed by atoms with Crippen LogP contribution >= 0.6 is 23.2 Å². The molecule has 4 nitrogen and oxygen atoms in total. The van der Waals surface area contributed by atoms with E-state index in [0.29, 0.717) is 16.5 Å². The fourth-order valence-electron chi connectivity index (χ4n) is 3.64. The van der Waals surface area contributed by atoms with Gasteiger partial charge in [0.25, 0.3) is 0 Å². The lowest BCUT2D eigenvalue weighted by Crippen LogP contribution is -2.51. The molecule has 0 bridgehead atoms. The first-order valence-corrected chi connectivity index (χ1v) is 11.5. The molecule has 0 aliphatic heterocycles. The van der Waals surface area contributed by atoms with Crippen molar-refractivity contribution in [2.75, 3.05) is 0 Å². The Balaban J connectivity index is 2.37. The Morgan fingerprint density at radius 1 is 1.00 bits per heavy atom. The van der Waals surface area contributed by atoms with Crippen LogP contribution in [0.15, 0.2) is 36.4 Å². The standard InChI is InChI=1S/C25H32Cl2N2O2/c1-6-18(5)28-25(31)23(7-2)29(15-20-8-9-21(26)14-22(20)27)24(30)13-19-11-16(3)10-17(4)12-19/h8-12,14,18,23H,6-7,13,15H2,1-5H3,(H,28,31). The molecule has 0 spiro atoms. The van der Waals surface area contributed by atoms with Crippen molar-refractivity contribution in [2.45, 2.75) is 72.5 Å². The molecule has 0 heterocycles. The lowest BCUT2D eigenvalue weighted by Gasteiger charge is -2.32. The van der Waals surface area contributed by atoms with Gasteiger partial charge in [-0.15, -0.1) is 0 Å². The molecular formula is C25H32Cl2N2O2. The SMILES string of the molecule is CCC(C)NC(=O)C(CC)N(Cc1ccc(Cl)cc1Cl)C(=O)Cc1cc(C)cc(C)c1. The minimum atomic E-state index is -0.584. The molecule has 0 fully saturated rings. The third-order valence-electron chi connectivity index (χ3n) is 5.38. The van der Waals surface area contributed by atoms with Gasteiger partial charge in [0.2, 0.25) is 11.8 Å². The van der Waals surface area contributed by atoms with Crippen molar-refractivity contribution in [3.05, 3.63) is 68.7 Å². The van der Waals surface area contributed by atoms with E-state index < -0.39 is 6.04 Å². The van der Waals surface area contributed by atoms with Gasteiger partial charge in [0.1, 0.15) is 6.04 Å². The zero-order valence-electron chi connectivity index (χ0n) is 19.0. The number of rotatable bonds is 9. The third kappa shape index (κ3) is 7.26. The first-order chi connectivity index (χ1) is 14.6. The molecule has 2 atom stereocenters. The van der Waals surface area contributed by atoms with E-state index in [1.54, 1.807) is 23.1 Å². The van der Waals surface area contributed by atoms with Crippen LogP contribution in [0.5, 0.6) is 0 Å².